The van der Waals surface area contributed by atoms with Crippen LogP contribution in [-0.2, 0) is 4.74 Å². The molecule has 0 aliphatic heterocycles. The maximum atomic E-state index is 11.9. The first-order valence-corrected chi connectivity index (χ1v) is 7.14. The van der Waals surface area contributed by atoms with Crippen LogP contribution < -0.4 is 0 Å². The van der Waals surface area contributed by atoms with Crippen LogP contribution in [0, 0.1) is 6.92 Å². The molecule has 21 heavy (non-hydrogen) atoms. The Balaban J connectivity index is 2.14. The van der Waals surface area contributed by atoms with Crippen molar-refractivity contribution < 1.29 is 13.9 Å². The van der Waals surface area contributed by atoms with Crippen molar-refractivity contribution in [3.8, 4) is 22.2 Å². The number of carbonyl (C=O) groups is 1. The summed E-state index contributed by atoms with van der Waals surface area (Å²) in [5, 5.41) is 2.50. The second-order valence-corrected chi connectivity index (χ2v) is 5.21. The predicted octanol–water partition coefficient (Wildman–Crippen LogP) is 3.56. The molecule has 5 nitrogen and oxygen atoms in total. The van der Waals surface area contributed by atoms with Crippen molar-refractivity contribution in [1.29, 1.82) is 0 Å². The van der Waals surface area contributed by atoms with E-state index in [-0.39, 0.29) is 5.69 Å². The van der Waals surface area contributed by atoms with Gasteiger partial charge >= 0.3 is 5.97 Å². The zero-order chi connectivity index (χ0) is 14.8. The van der Waals surface area contributed by atoms with Crippen LogP contribution >= 0.6 is 11.3 Å². The minimum atomic E-state index is -0.538. The van der Waals surface area contributed by atoms with Crippen LogP contribution in [0.25, 0.3) is 22.2 Å². The van der Waals surface area contributed by atoms with Crippen LogP contribution in [-0.4, -0.2) is 23.0 Å². The SMILES string of the molecule is COC(=O)c1nc(-c2ccccc2)oc1-c1nc(C)cs1. The quantitative estimate of drug-likeness (QED) is 0.692. The topological polar surface area (TPSA) is 65.2 Å². The smallest absolute Gasteiger partial charge is 0.360 e. The number of rotatable bonds is 3. The number of aromatic nitrogens is 2. The number of oxazole rings is 1. The van der Waals surface area contributed by atoms with Gasteiger partial charge in [0.25, 0.3) is 0 Å². The molecule has 0 unspecified atom stereocenters. The van der Waals surface area contributed by atoms with E-state index < -0.39 is 5.97 Å². The average Bonchev–Trinajstić information content (AvgIpc) is 3.13. The summed E-state index contributed by atoms with van der Waals surface area (Å²) in [5.74, 6) is 0.182. The van der Waals surface area contributed by atoms with E-state index in [1.165, 1.54) is 18.4 Å². The van der Waals surface area contributed by atoms with E-state index in [1.54, 1.807) is 0 Å². The summed E-state index contributed by atoms with van der Waals surface area (Å²) < 4.78 is 10.5. The largest absolute Gasteiger partial charge is 0.464 e. The molecule has 0 bridgehead atoms. The summed E-state index contributed by atoms with van der Waals surface area (Å²) in [6.07, 6.45) is 0. The lowest BCUT2D eigenvalue weighted by Crippen LogP contribution is -2.03. The number of aryl methyl sites for hydroxylation is 1. The molecule has 106 valence electrons. The molecule has 0 saturated heterocycles. The number of benzene rings is 1. The number of esters is 1. The lowest BCUT2D eigenvalue weighted by Gasteiger charge is -1.95. The van der Waals surface area contributed by atoms with Gasteiger partial charge in [-0.3, -0.25) is 0 Å². The van der Waals surface area contributed by atoms with Gasteiger partial charge in [0.15, 0.2) is 16.5 Å². The average molecular weight is 300 g/mol. The number of methoxy groups -OCH3 is 1. The van der Waals surface area contributed by atoms with Gasteiger partial charge in [-0.1, -0.05) is 18.2 Å². The van der Waals surface area contributed by atoms with E-state index in [1.807, 2.05) is 42.6 Å². The molecule has 0 atom stereocenters. The first-order valence-electron chi connectivity index (χ1n) is 6.26. The molecule has 0 radical (unpaired) electrons. The molecule has 0 aliphatic carbocycles. The van der Waals surface area contributed by atoms with Crippen LogP contribution in [0.2, 0.25) is 0 Å². The fraction of sp³-hybridized carbons (Fsp3) is 0.133. The van der Waals surface area contributed by atoms with Crippen molar-refractivity contribution >= 4 is 17.3 Å². The van der Waals surface area contributed by atoms with Gasteiger partial charge in [-0.15, -0.1) is 11.3 Å². The normalized spacial score (nSPS) is 10.6. The number of hydrogen-bond acceptors (Lipinski definition) is 6. The van der Waals surface area contributed by atoms with E-state index in [9.17, 15) is 4.79 Å². The van der Waals surface area contributed by atoms with E-state index in [2.05, 4.69) is 9.97 Å². The van der Waals surface area contributed by atoms with Crippen LogP contribution in [0.4, 0.5) is 0 Å². The van der Waals surface area contributed by atoms with Gasteiger partial charge in [0, 0.05) is 16.6 Å². The summed E-state index contributed by atoms with van der Waals surface area (Å²) >= 11 is 1.40. The molecular weight excluding hydrogens is 288 g/mol. The molecule has 1 aromatic carbocycles. The first kappa shape index (κ1) is 13.5. The number of carbonyl (C=O) groups excluding carboxylic acids is 1. The second-order valence-electron chi connectivity index (χ2n) is 4.35. The van der Waals surface area contributed by atoms with Gasteiger partial charge < -0.3 is 9.15 Å². The highest BCUT2D eigenvalue weighted by Gasteiger charge is 2.24. The van der Waals surface area contributed by atoms with Gasteiger partial charge in [-0.2, -0.15) is 0 Å². The van der Waals surface area contributed by atoms with Crippen LogP contribution in [0.1, 0.15) is 16.2 Å². The number of hydrogen-bond donors (Lipinski definition) is 0. The monoisotopic (exact) mass is 300 g/mol. The van der Waals surface area contributed by atoms with Crippen LogP contribution in [0.3, 0.4) is 0 Å². The predicted molar refractivity (Wildman–Crippen MR) is 79.1 cm³/mol. The maximum Gasteiger partial charge on any atom is 0.360 e. The third kappa shape index (κ3) is 2.57. The number of nitrogens with zero attached hydrogens (tertiary/aromatic N) is 2. The van der Waals surface area contributed by atoms with Gasteiger partial charge in [-0.05, 0) is 19.1 Å². The van der Waals surface area contributed by atoms with Crippen molar-refractivity contribution in [1.82, 2.24) is 9.97 Å². The van der Waals surface area contributed by atoms with Gasteiger partial charge in [0.05, 0.1) is 7.11 Å². The minimum Gasteiger partial charge on any atom is -0.464 e. The molecule has 0 saturated carbocycles. The summed E-state index contributed by atoms with van der Waals surface area (Å²) in [6.45, 7) is 1.88. The van der Waals surface area contributed by atoms with E-state index in [0.717, 1.165) is 11.3 Å². The van der Waals surface area contributed by atoms with Crippen molar-refractivity contribution in [2.24, 2.45) is 0 Å². The molecule has 0 spiro atoms. The van der Waals surface area contributed by atoms with Crippen molar-refractivity contribution in [2.75, 3.05) is 7.11 Å². The van der Waals surface area contributed by atoms with Crippen LogP contribution in [0.5, 0.6) is 0 Å². The Kier molecular flexibility index (Phi) is 3.53. The highest BCUT2D eigenvalue weighted by atomic mass is 32.1. The summed E-state index contributed by atoms with van der Waals surface area (Å²) in [6, 6.07) is 9.39. The van der Waals surface area contributed by atoms with Crippen LogP contribution in [0.15, 0.2) is 40.1 Å². The number of ether oxygens (including phenoxy) is 1. The highest BCUT2D eigenvalue weighted by Crippen LogP contribution is 2.32. The third-order valence-electron chi connectivity index (χ3n) is 2.84. The maximum absolute atomic E-state index is 11.9. The molecule has 2 aromatic heterocycles. The minimum absolute atomic E-state index is 0.144. The second kappa shape index (κ2) is 5.49. The lowest BCUT2D eigenvalue weighted by atomic mass is 10.2. The van der Waals surface area contributed by atoms with Gasteiger partial charge in [0.2, 0.25) is 5.89 Å². The molecule has 0 amide bonds. The van der Waals surface area contributed by atoms with Gasteiger partial charge in [0.1, 0.15) is 0 Å². The first-order chi connectivity index (χ1) is 10.2. The third-order valence-corrected chi connectivity index (χ3v) is 3.80. The molecule has 0 fully saturated rings. The molecule has 2 heterocycles. The summed E-state index contributed by atoms with van der Waals surface area (Å²) in [4.78, 5) is 20.5. The molecule has 0 N–H and O–H groups in total. The Morgan fingerprint density at radius 2 is 2.00 bits per heavy atom. The Labute approximate surface area is 125 Å². The fourth-order valence-electron chi connectivity index (χ4n) is 1.86. The number of thiazole rings is 1. The van der Waals surface area contributed by atoms with Crippen molar-refractivity contribution in [3.63, 3.8) is 0 Å². The van der Waals surface area contributed by atoms with Gasteiger partial charge in [-0.25, -0.2) is 14.8 Å². The lowest BCUT2D eigenvalue weighted by molar-refractivity contribution is 0.0595. The summed E-state index contributed by atoms with van der Waals surface area (Å²) in [5.41, 5.74) is 1.80. The Morgan fingerprint density at radius 3 is 2.62 bits per heavy atom. The van der Waals surface area contributed by atoms with E-state index >= 15 is 0 Å². The Morgan fingerprint density at radius 1 is 1.24 bits per heavy atom. The zero-order valence-corrected chi connectivity index (χ0v) is 12.3. The highest BCUT2D eigenvalue weighted by molar-refractivity contribution is 7.13. The van der Waals surface area contributed by atoms with E-state index in [0.29, 0.717) is 16.7 Å². The van der Waals surface area contributed by atoms with Crippen molar-refractivity contribution in [3.05, 3.63) is 47.1 Å². The zero-order valence-electron chi connectivity index (χ0n) is 11.5. The molecule has 6 heteroatoms. The summed E-state index contributed by atoms with van der Waals surface area (Å²) in [7, 11) is 1.32. The molecular formula is C15H12N2O3S. The molecule has 0 aliphatic rings. The Hall–Kier alpha value is -2.47. The molecule has 3 rings (SSSR count). The van der Waals surface area contributed by atoms with Crippen molar-refractivity contribution in [2.45, 2.75) is 6.92 Å². The standard InChI is InChI=1S/C15H12N2O3S/c1-9-8-21-14(16-9)12-11(15(18)19-2)17-13(20-12)10-6-4-3-5-7-10/h3-8H,1-2H3. The molecule has 3 aromatic rings. The fourth-order valence-corrected chi connectivity index (χ4v) is 2.64. The Bertz CT molecular complexity index is 777. The van der Waals surface area contributed by atoms with E-state index in [4.69, 9.17) is 9.15 Å².